The zero-order valence-corrected chi connectivity index (χ0v) is 12.8. The fourth-order valence-corrected chi connectivity index (χ4v) is 2.38. The Morgan fingerprint density at radius 2 is 1.86 bits per heavy atom. The van der Waals surface area contributed by atoms with Crippen LogP contribution in [0.4, 0.5) is 5.69 Å². The second-order valence-corrected chi connectivity index (χ2v) is 5.38. The third kappa shape index (κ3) is 4.33. The summed E-state index contributed by atoms with van der Waals surface area (Å²) in [4.78, 5) is 11.9. The molecule has 4 heteroatoms. The number of amides is 1. The summed E-state index contributed by atoms with van der Waals surface area (Å²) in [6, 6.07) is 15.2. The molecule has 0 spiro atoms. The maximum absolute atomic E-state index is 11.9. The second-order valence-electron chi connectivity index (χ2n) is 5.38. The van der Waals surface area contributed by atoms with Gasteiger partial charge in [0.25, 0.3) is 0 Å². The Morgan fingerprint density at radius 1 is 1.18 bits per heavy atom. The molecule has 1 unspecified atom stereocenters. The van der Waals surface area contributed by atoms with E-state index in [0.29, 0.717) is 18.5 Å². The molecule has 0 heterocycles. The number of nitrogen functional groups attached to an aromatic ring is 1. The topological polar surface area (TPSA) is 75.3 Å². The summed E-state index contributed by atoms with van der Waals surface area (Å²) in [6.07, 6.45) is 0.264. The van der Waals surface area contributed by atoms with Crippen LogP contribution in [0.1, 0.15) is 29.2 Å². The van der Waals surface area contributed by atoms with Crippen molar-refractivity contribution in [2.45, 2.75) is 25.9 Å². The number of hydrogen-bond donors (Lipinski definition) is 3. The van der Waals surface area contributed by atoms with Gasteiger partial charge >= 0.3 is 0 Å². The molecule has 2 aromatic carbocycles. The SMILES string of the molecule is Cc1ccccc1C(O)CNC(=O)CCc1ccccc1N. The van der Waals surface area contributed by atoms with Crippen LogP contribution in [-0.4, -0.2) is 17.6 Å². The first kappa shape index (κ1) is 16.0. The molecule has 0 bridgehead atoms. The van der Waals surface area contributed by atoms with Crippen molar-refractivity contribution in [3.8, 4) is 0 Å². The Bertz CT molecular complexity index is 640. The van der Waals surface area contributed by atoms with E-state index in [2.05, 4.69) is 5.32 Å². The Hall–Kier alpha value is -2.33. The Kier molecular flexibility index (Phi) is 5.55. The van der Waals surface area contributed by atoms with Gasteiger partial charge in [-0.25, -0.2) is 0 Å². The smallest absolute Gasteiger partial charge is 0.220 e. The first-order valence-corrected chi connectivity index (χ1v) is 7.41. The van der Waals surface area contributed by atoms with Crippen molar-refractivity contribution >= 4 is 11.6 Å². The number of aliphatic hydroxyl groups excluding tert-OH is 1. The summed E-state index contributed by atoms with van der Waals surface area (Å²) in [5, 5.41) is 12.9. The normalized spacial score (nSPS) is 11.9. The summed E-state index contributed by atoms with van der Waals surface area (Å²) in [5.74, 6) is -0.0871. The van der Waals surface area contributed by atoms with Gasteiger partial charge in [0.15, 0.2) is 0 Å². The molecule has 0 saturated heterocycles. The zero-order chi connectivity index (χ0) is 15.9. The van der Waals surface area contributed by atoms with Crippen LogP contribution in [0.3, 0.4) is 0 Å². The van der Waals surface area contributed by atoms with Crippen molar-refractivity contribution in [2.24, 2.45) is 0 Å². The van der Waals surface area contributed by atoms with Gasteiger partial charge in [0.1, 0.15) is 0 Å². The van der Waals surface area contributed by atoms with Gasteiger partial charge in [0.2, 0.25) is 5.91 Å². The van der Waals surface area contributed by atoms with Gasteiger partial charge in [-0.15, -0.1) is 0 Å². The minimum Gasteiger partial charge on any atom is -0.399 e. The highest BCUT2D eigenvalue weighted by atomic mass is 16.3. The molecule has 1 amide bonds. The standard InChI is InChI=1S/C18H22N2O2/c1-13-6-2-4-8-15(13)17(21)12-20-18(22)11-10-14-7-3-5-9-16(14)19/h2-9,17,21H,10-12,19H2,1H3,(H,20,22). The maximum atomic E-state index is 11.9. The summed E-state index contributed by atoms with van der Waals surface area (Å²) < 4.78 is 0. The average Bonchev–Trinajstić information content (AvgIpc) is 2.52. The maximum Gasteiger partial charge on any atom is 0.220 e. The van der Waals surface area contributed by atoms with Crippen molar-refractivity contribution in [3.05, 3.63) is 65.2 Å². The van der Waals surface area contributed by atoms with Crippen molar-refractivity contribution in [2.75, 3.05) is 12.3 Å². The van der Waals surface area contributed by atoms with E-state index in [9.17, 15) is 9.90 Å². The van der Waals surface area contributed by atoms with E-state index in [0.717, 1.165) is 16.7 Å². The number of nitrogens with one attached hydrogen (secondary N) is 1. The lowest BCUT2D eigenvalue weighted by atomic mass is 10.0. The summed E-state index contributed by atoms with van der Waals surface area (Å²) >= 11 is 0. The monoisotopic (exact) mass is 298 g/mol. The van der Waals surface area contributed by atoms with Crippen LogP contribution in [0.15, 0.2) is 48.5 Å². The number of rotatable bonds is 6. The molecule has 2 rings (SSSR count). The van der Waals surface area contributed by atoms with E-state index in [1.807, 2.05) is 55.5 Å². The van der Waals surface area contributed by atoms with E-state index >= 15 is 0 Å². The third-order valence-electron chi connectivity index (χ3n) is 3.72. The lowest BCUT2D eigenvalue weighted by molar-refractivity contribution is -0.121. The lowest BCUT2D eigenvalue weighted by Crippen LogP contribution is -2.28. The largest absolute Gasteiger partial charge is 0.399 e. The van der Waals surface area contributed by atoms with Crippen LogP contribution >= 0.6 is 0 Å². The Morgan fingerprint density at radius 3 is 2.59 bits per heavy atom. The fourth-order valence-electron chi connectivity index (χ4n) is 2.38. The van der Waals surface area contributed by atoms with Gasteiger partial charge in [-0.2, -0.15) is 0 Å². The van der Waals surface area contributed by atoms with Crippen molar-refractivity contribution in [1.29, 1.82) is 0 Å². The first-order valence-electron chi connectivity index (χ1n) is 7.41. The predicted molar refractivity (Wildman–Crippen MR) is 88.3 cm³/mol. The molecular formula is C18H22N2O2. The Balaban J connectivity index is 1.81. The van der Waals surface area contributed by atoms with Gasteiger partial charge in [-0.1, -0.05) is 42.5 Å². The van der Waals surface area contributed by atoms with Gasteiger partial charge in [-0.05, 0) is 36.1 Å². The number of benzene rings is 2. The van der Waals surface area contributed by atoms with E-state index in [1.165, 1.54) is 0 Å². The van der Waals surface area contributed by atoms with Gasteiger partial charge < -0.3 is 16.2 Å². The number of hydrogen-bond acceptors (Lipinski definition) is 3. The molecule has 0 fully saturated rings. The molecule has 0 aliphatic rings. The van der Waals surface area contributed by atoms with Crippen molar-refractivity contribution in [3.63, 3.8) is 0 Å². The highest BCUT2D eigenvalue weighted by Gasteiger charge is 2.11. The molecule has 4 N–H and O–H groups in total. The lowest BCUT2D eigenvalue weighted by Gasteiger charge is -2.14. The van der Waals surface area contributed by atoms with Crippen LogP contribution < -0.4 is 11.1 Å². The van der Waals surface area contributed by atoms with E-state index in [4.69, 9.17) is 5.73 Å². The van der Waals surface area contributed by atoms with Crippen molar-refractivity contribution < 1.29 is 9.90 Å². The molecule has 1 atom stereocenters. The number of anilines is 1. The quantitative estimate of drug-likeness (QED) is 0.717. The molecule has 22 heavy (non-hydrogen) atoms. The van der Waals surface area contributed by atoms with E-state index in [1.54, 1.807) is 0 Å². The number of carbonyl (C=O) groups is 1. The summed E-state index contributed by atoms with van der Waals surface area (Å²) in [5.41, 5.74) is 9.38. The highest BCUT2D eigenvalue weighted by molar-refractivity contribution is 5.76. The van der Waals surface area contributed by atoms with Crippen LogP contribution in [-0.2, 0) is 11.2 Å². The molecule has 0 aromatic heterocycles. The molecular weight excluding hydrogens is 276 g/mol. The molecule has 4 nitrogen and oxygen atoms in total. The van der Waals surface area contributed by atoms with Gasteiger partial charge in [0, 0.05) is 18.7 Å². The molecule has 0 saturated carbocycles. The summed E-state index contributed by atoms with van der Waals surface area (Å²) in [7, 11) is 0. The van der Waals surface area contributed by atoms with E-state index in [-0.39, 0.29) is 12.5 Å². The summed E-state index contributed by atoms with van der Waals surface area (Å²) in [6.45, 7) is 2.16. The fraction of sp³-hybridized carbons (Fsp3) is 0.278. The minimum atomic E-state index is -0.688. The van der Waals surface area contributed by atoms with E-state index < -0.39 is 6.10 Å². The van der Waals surface area contributed by atoms with Gasteiger partial charge in [0.05, 0.1) is 6.10 Å². The molecule has 116 valence electrons. The molecule has 0 radical (unpaired) electrons. The molecule has 0 aliphatic carbocycles. The van der Waals surface area contributed by atoms with Crippen LogP contribution in [0, 0.1) is 6.92 Å². The molecule has 0 aliphatic heterocycles. The Labute approximate surface area is 131 Å². The third-order valence-corrected chi connectivity index (χ3v) is 3.72. The first-order chi connectivity index (χ1) is 10.6. The zero-order valence-electron chi connectivity index (χ0n) is 12.8. The number of aryl methyl sites for hydroxylation is 2. The number of carbonyl (C=O) groups excluding carboxylic acids is 1. The minimum absolute atomic E-state index is 0.0871. The average molecular weight is 298 g/mol. The van der Waals surface area contributed by atoms with Crippen molar-refractivity contribution in [1.82, 2.24) is 5.32 Å². The number of nitrogens with two attached hydrogens (primary N) is 1. The highest BCUT2D eigenvalue weighted by Crippen LogP contribution is 2.16. The number of para-hydroxylation sites is 1. The predicted octanol–water partition coefficient (Wildman–Crippen LogP) is 2.36. The van der Waals surface area contributed by atoms with Crippen LogP contribution in [0.25, 0.3) is 0 Å². The molecule has 2 aromatic rings. The van der Waals surface area contributed by atoms with Gasteiger partial charge in [-0.3, -0.25) is 4.79 Å². The number of aliphatic hydroxyl groups is 1. The second kappa shape index (κ2) is 7.61. The van der Waals surface area contributed by atoms with Crippen LogP contribution in [0.2, 0.25) is 0 Å². The van der Waals surface area contributed by atoms with Crippen LogP contribution in [0.5, 0.6) is 0 Å².